The molecule has 0 atom stereocenters. The summed E-state index contributed by atoms with van der Waals surface area (Å²) in [7, 11) is 0. The van der Waals surface area contributed by atoms with Crippen molar-refractivity contribution in [2.24, 2.45) is 5.41 Å². The van der Waals surface area contributed by atoms with E-state index in [1.54, 1.807) is 26.0 Å². The lowest BCUT2D eigenvalue weighted by Gasteiger charge is -2.19. The SMILES string of the molecule is CC(C)(CCNCc1ccc(Cl)c(Cl)c1)C(=O)O. The number of halogens is 2. The monoisotopic (exact) mass is 289 g/mol. The van der Waals surface area contributed by atoms with Gasteiger partial charge in [-0.05, 0) is 44.5 Å². The molecule has 0 heterocycles. The van der Waals surface area contributed by atoms with Crippen molar-refractivity contribution in [2.45, 2.75) is 26.8 Å². The molecule has 5 heteroatoms. The highest BCUT2D eigenvalue weighted by Crippen LogP contribution is 2.23. The van der Waals surface area contributed by atoms with Gasteiger partial charge in [0.25, 0.3) is 0 Å². The predicted octanol–water partition coefficient (Wildman–Crippen LogP) is 3.58. The van der Waals surface area contributed by atoms with E-state index in [-0.39, 0.29) is 0 Å². The number of aliphatic carboxylic acids is 1. The summed E-state index contributed by atoms with van der Waals surface area (Å²) in [5.41, 5.74) is 0.322. The molecular formula is C13H17Cl2NO2. The molecule has 0 amide bonds. The van der Waals surface area contributed by atoms with Crippen LogP contribution in [0.4, 0.5) is 0 Å². The zero-order valence-corrected chi connectivity index (χ0v) is 12.0. The third-order valence-corrected chi connectivity index (χ3v) is 3.56. The molecule has 100 valence electrons. The fraction of sp³-hybridized carbons (Fsp3) is 0.462. The summed E-state index contributed by atoms with van der Waals surface area (Å²) in [6.07, 6.45) is 0.573. The van der Waals surface area contributed by atoms with Crippen molar-refractivity contribution in [1.29, 1.82) is 0 Å². The second kappa shape index (κ2) is 6.41. The minimum Gasteiger partial charge on any atom is -0.481 e. The van der Waals surface area contributed by atoms with Crippen LogP contribution in [0.2, 0.25) is 10.0 Å². The minimum atomic E-state index is -0.779. The van der Waals surface area contributed by atoms with Gasteiger partial charge in [-0.15, -0.1) is 0 Å². The number of carboxylic acid groups (broad SMARTS) is 1. The van der Waals surface area contributed by atoms with Crippen LogP contribution >= 0.6 is 23.2 Å². The summed E-state index contributed by atoms with van der Waals surface area (Å²) in [5.74, 6) is -0.779. The Balaban J connectivity index is 2.38. The molecule has 0 aliphatic heterocycles. The van der Waals surface area contributed by atoms with E-state index < -0.39 is 11.4 Å². The first-order valence-electron chi connectivity index (χ1n) is 5.71. The smallest absolute Gasteiger partial charge is 0.309 e. The molecule has 2 N–H and O–H groups in total. The maximum absolute atomic E-state index is 10.9. The first kappa shape index (κ1) is 15.3. The lowest BCUT2D eigenvalue weighted by Crippen LogP contribution is -2.28. The van der Waals surface area contributed by atoms with Crippen LogP contribution in [0.15, 0.2) is 18.2 Å². The first-order chi connectivity index (χ1) is 8.33. The van der Waals surface area contributed by atoms with E-state index >= 15 is 0 Å². The maximum atomic E-state index is 10.9. The molecule has 0 aromatic heterocycles. The number of nitrogens with one attached hydrogen (secondary N) is 1. The molecule has 0 aliphatic rings. The molecule has 1 aromatic rings. The standard InChI is InChI=1S/C13H17Cl2NO2/c1-13(2,12(17)18)5-6-16-8-9-3-4-10(14)11(15)7-9/h3-4,7,16H,5-6,8H2,1-2H3,(H,17,18). The summed E-state index contributed by atoms with van der Waals surface area (Å²) < 4.78 is 0. The Bertz CT molecular complexity index is 433. The molecule has 0 saturated carbocycles. The number of benzene rings is 1. The number of carboxylic acids is 1. The van der Waals surface area contributed by atoms with Crippen molar-refractivity contribution in [3.63, 3.8) is 0 Å². The molecule has 18 heavy (non-hydrogen) atoms. The average Bonchev–Trinajstić information content (AvgIpc) is 2.29. The Morgan fingerprint density at radius 1 is 1.33 bits per heavy atom. The summed E-state index contributed by atoms with van der Waals surface area (Å²) in [6, 6.07) is 5.45. The van der Waals surface area contributed by atoms with Crippen molar-refractivity contribution < 1.29 is 9.90 Å². The number of carbonyl (C=O) groups is 1. The molecule has 0 bridgehead atoms. The highest BCUT2D eigenvalue weighted by atomic mass is 35.5. The van der Waals surface area contributed by atoms with Gasteiger partial charge in [-0.25, -0.2) is 0 Å². The average molecular weight is 290 g/mol. The summed E-state index contributed by atoms with van der Waals surface area (Å²) in [4.78, 5) is 10.9. The maximum Gasteiger partial charge on any atom is 0.309 e. The van der Waals surface area contributed by atoms with E-state index in [9.17, 15) is 4.79 Å². The number of rotatable bonds is 6. The van der Waals surface area contributed by atoms with Crippen molar-refractivity contribution in [3.8, 4) is 0 Å². The largest absolute Gasteiger partial charge is 0.481 e. The normalized spacial score (nSPS) is 11.6. The summed E-state index contributed by atoms with van der Waals surface area (Å²) in [6.45, 7) is 4.72. The zero-order valence-electron chi connectivity index (χ0n) is 10.5. The minimum absolute atomic E-state index is 0.529. The lowest BCUT2D eigenvalue weighted by molar-refractivity contribution is -0.147. The second-order valence-corrected chi connectivity index (χ2v) is 5.68. The third kappa shape index (κ3) is 4.48. The number of hydrogen-bond donors (Lipinski definition) is 2. The Morgan fingerprint density at radius 3 is 2.56 bits per heavy atom. The van der Waals surface area contributed by atoms with Crippen molar-refractivity contribution >= 4 is 29.2 Å². The molecule has 3 nitrogen and oxygen atoms in total. The summed E-state index contributed by atoms with van der Waals surface area (Å²) >= 11 is 11.7. The Morgan fingerprint density at radius 2 is 2.00 bits per heavy atom. The quantitative estimate of drug-likeness (QED) is 0.787. The molecule has 0 saturated heterocycles. The Hall–Kier alpha value is -0.770. The van der Waals surface area contributed by atoms with Crippen LogP contribution in [0.5, 0.6) is 0 Å². The van der Waals surface area contributed by atoms with Crippen LogP contribution in [0.3, 0.4) is 0 Å². The van der Waals surface area contributed by atoms with Gasteiger partial charge < -0.3 is 10.4 Å². The fourth-order valence-corrected chi connectivity index (χ4v) is 1.71. The van der Waals surface area contributed by atoms with E-state index in [0.717, 1.165) is 5.56 Å². The van der Waals surface area contributed by atoms with Gasteiger partial charge in [0.05, 0.1) is 15.5 Å². The van der Waals surface area contributed by atoms with Gasteiger partial charge in [-0.3, -0.25) is 4.79 Å². The van der Waals surface area contributed by atoms with E-state index in [1.165, 1.54) is 0 Å². The first-order valence-corrected chi connectivity index (χ1v) is 6.46. The van der Waals surface area contributed by atoms with E-state index in [0.29, 0.717) is 29.6 Å². The van der Waals surface area contributed by atoms with Gasteiger partial charge in [0.1, 0.15) is 0 Å². The van der Waals surface area contributed by atoms with Crippen LogP contribution in [0, 0.1) is 5.41 Å². The van der Waals surface area contributed by atoms with E-state index in [2.05, 4.69) is 5.32 Å². The second-order valence-electron chi connectivity index (χ2n) is 4.86. The molecule has 0 radical (unpaired) electrons. The van der Waals surface area contributed by atoms with Gasteiger partial charge in [0.15, 0.2) is 0 Å². The number of hydrogen-bond acceptors (Lipinski definition) is 2. The van der Waals surface area contributed by atoms with Gasteiger partial charge in [0.2, 0.25) is 0 Å². The van der Waals surface area contributed by atoms with Crippen molar-refractivity contribution in [1.82, 2.24) is 5.32 Å². The van der Waals surface area contributed by atoms with Gasteiger partial charge in [-0.2, -0.15) is 0 Å². The van der Waals surface area contributed by atoms with Crippen molar-refractivity contribution in [3.05, 3.63) is 33.8 Å². The molecular weight excluding hydrogens is 273 g/mol. The molecule has 0 fully saturated rings. The predicted molar refractivity (Wildman–Crippen MR) is 74.2 cm³/mol. The van der Waals surface area contributed by atoms with E-state index in [1.807, 2.05) is 6.07 Å². The summed E-state index contributed by atoms with van der Waals surface area (Å²) in [5, 5.41) is 13.2. The van der Waals surface area contributed by atoms with E-state index in [4.69, 9.17) is 28.3 Å². The fourth-order valence-electron chi connectivity index (χ4n) is 1.39. The lowest BCUT2D eigenvalue weighted by atomic mass is 9.90. The van der Waals surface area contributed by atoms with Crippen LogP contribution < -0.4 is 5.32 Å². The Kier molecular flexibility index (Phi) is 5.45. The van der Waals surface area contributed by atoms with Crippen LogP contribution in [0.1, 0.15) is 25.8 Å². The highest BCUT2D eigenvalue weighted by Gasteiger charge is 2.25. The molecule has 0 unspecified atom stereocenters. The van der Waals surface area contributed by atoms with Crippen molar-refractivity contribution in [2.75, 3.05) is 6.54 Å². The molecule has 0 aliphatic carbocycles. The van der Waals surface area contributed by atoms with Gasteiger partial charge in [0, 0.05) is 6.54 Å². The third-order valence-electron chi connectivity index (χ3n) is 2.82. The van der Waals surface area contributed by atoms with Crippen LogP contribution in [0.25, 0.3) is 0 Å². The molecule has 0 spiro atoms. The Labute approximate surface area is 117 Å². The topological polar surface area (TPSA) is 49.3 Å². The van der Waals surface area contributed by atoms with Crippen LogP contribution in [-0.2, 0) is 11.3 Å². The van der Waals surface area contributed by atoms with Crippen LogP contribution in [-0.4, -0.2) is 17.6 Å². The highest BCUT2D eigenvalue weighted by molar-refractivity contribution is 6.42. The molecule has 1 aromatic carbocycles. The van der Waals surface area contributed by atoms with Gasteiger partial charge in [-0.1, -0.05) is 29.3 Å². The zero-order chi connectivity index (χ0) is 13.8. The molecule has 1 rings (SSSR count). The van der Waals surface area contributed by atoms with Gasteiger partial charge >= 0.3 is 5.97 Å².